The van der Waals surface area contributed by atoms with E-state index in [0.717, 1.165) is 0 Å². The van der Waals surface area contributed by atoms with Crippen LogP contribution < -0.4 is 15.2 Å². The van der Waals surface area contributed by atoms with Crippen molar-refractivity contribution in [2.24, 2.45) is 22.6 Å². The van der Waals surface area contributed by atoms with Gasteiger partial charge in [-0.05, 0) is 50.2 Å². The number of carbonyl (C=O) groups excluding carboxylic acids is 1. The van der Waals surface area contributed by atoms with Gasteiger partial charge in [-0.3, -0.25) is 9.69 Å². The molecule has 0 aliphatic carbocycles. The fourth-order valence-electron chi connectivity index (χ4n) is 4.58. The molecule has 1 aromatic carbocycles. The Balaban J connectivity index is 1.64. The van der Waals surface area contributed by atoms with Gasteiger partial charge in [0.25, 0.3) is 5.91 Å². The van der Waals surface area contributed by atoms with Crippen LogP contribution in [0.25, 0.3) is 0 Å². The lowest BCUT2D eigenvalue weighted by atomic mass is 9.90. The molecular weight excluding hydrogens is 432 g/mol. The smallest absolute Gasteiger partial charge is 0.257 e. The highest BCUT2D eigenvalue weighted by molar-refractivity contribution is 7.89. The summed E-state index contributed by atoms with van der Waals surface area (Å²) in [7, 11) is -0.678. The Bertz CT molecular complexity index is 986. The van der Waals surface area contributed by atoms with Crippen LogP contribution in [0.15, 0.2) is 28.1 Å². The average Bonchev–Trinajstić information content (AvgIpc) is 2.95. The van der Waals surface area contributed by atoms with Gasteiger partial charge >= 0.3 is 0 Å². The molecule has 1 fully saturated rings. The summed E-state index contributed by atoms with van der Waals surface area (Å²) in [6, 6.07) is 4.60. The van der Waals surface area contributed by atoms with Crippen molar-refractivity contribution < 1.29 is 22.7 Å². The minimum Gasteiger partial charge on any atom is -0.493 e. The van der Waals surface area contributed by atoms with Crippen molar-refractivity contribution in [3.63, 3.8) is 0 Å². The van der Waals surface area contributed by atoms with Gasteiger partial charge in [0, 0.05) is 25.7 Å². The molecule has 178 valence electrons. The van der Waals surface area contributed by atoms with Gasteiger partial charge in [0.05, 0.1) is 19.1 Å². The third-order valence-electron chi connectivity index (χ3n) is 6.16. The van der Waals surface area contributed by atoms with Gasteiger partial charge in [-0.2, -0.15) is 4.31 Å². The highest BCUT2D eigenvalue weighted by Crippen LogP contribution is 2.33. The normalized spacial score (nSPS) is 23.0. The van der Waals surface area contributed by atoms with Crippen molar-refractivity contribution in [2.75, 3.05) is 33.9 Å². The van der Waals surface area contributed by atoms with E-state index < -0.39 is 15.6 Å². The number of hydrogen-bond donors (Lipinski definition) is 1. The molecule has 0 saturated carbocycles. The summed E-state index contributed by atoms with van der Waals surface area (Å²) in [5.74, 6) is 1.53. The average molecular weight is 467 g/mol. The molecule has 2 heterocycles. The van der Waals surface area contributed by atoms with Crippen LogP contribution in [0.5, 0.6) is 11.5 Å². The summed E-state index contributed by atoms with van der Waals surface area (Å²) in [6.45, 7) is 7.17. The summed E-state index contributed by atoms with van der Waals surface area (Å²) in [4.78, 5) is 19.2. The van der Waals surface area contributed by atoms with Crippen LogP contribution in [0.2, 0.25) is 0 Å². The Labute approximate surface area is 190 Å². The number of nitrogens with zero attached hydrogens (tertiary/aromatic N) is 3. The molecule has 2 N–H and O–H groups in total. The number of methoxy groups -OCH3 is 2. The number of nitrogens with two attached hydrogens (primary N) is 1. The Morgan fingerprint density at radius 2 is 1.81 bits per heavy atom. The van der Waals surface area contributed by atoms with E-state index in [-0.39, 0.29) is 22.7 Å². The maximum absolute atomic E-state index is 13.1. The van der Waals surface area contributed by atoms with Crippen LogP contribution in [-0.2, 0) is 14.8 Å². The maximum atomic E-state index is 13.1. The Kier molecular flexibility index (Phi) is 7.04. The highest BCUT2D eigenvalue weighted by Gasteiger charge is 2.45. The number of carbonyl (C=O) groups is 1. The maximum Gasteiger partial charge on any atom is 0.257 e. The van der Waals surface area contributed by atoms with Gasteiger partial charge in [-0.25, -0.2) is 13.4 Å². The monoisotopic (exact) mass is 466 g/mol. The molecule has 9 nitrogen and oxygen atoms in total. The molecule has 2 aliphatic rings. The number of benzene rings is 1. The van der Waals surface area contributed by atoms with Crippen molar-refractivity contribution in [1.29, 1.82) is 0 Å². The van der Waals surface area contributed by atoms with Crippen LogP contribution in [0.3, 0.4) is 0 Å². The van der Waals surface area contributed by atoms with E-state index >= 15 is 0 Å². The van der Waals surface area contributed by atoms with E-state index in [1.807, 2.05) is 6.92 Å². The second kappa shape index (κ2) is 9.27. The summed E-state index contributed by atoms with van der Waals surface area (Å²) in [5, 5.41) is 0. The minimum absolute atomic E-state index is 0.0657. The Hall–Kier alpha value is -2.33. The van der Waals surface area contributed by atoms with E-state index in [4.69, 9.17) is 15.2 Å². The lowest BCUT2D eigenvalue weighted by molar-refractivity contribution is -0.131. The number of amides is 1. The topological polar surface area (TPSA) is 115 Å². The number of piperidine rings is 1. The molecule has 0 radical (unpaired) electrons. The lowest BCUT2D eigenvalue weighted by Crippen LogP contribution is -2.47. The molecule has 1 unspecified atom stereocenters. The number of guanidine groups is 1. The third-order valence-corrected chi connectivity index (χ3v) is 8.05. The Morgan fingerprint density at radius 1 is 1.19 bits per heavy atom. The second-order valence-electron chi connectivity index (χ2n) is 9.12. The summed E-state index contributed by atoms with van der Waals surface area (Å²) in [5.41, 5.74) is 5.28. The van der Waals surface area contributed by atoms with Crippen molar-refractivity contribution >= 4 is 21.9 Å². The van der Waals surface area contributed by atoms with Gasteiger partial charge < -0.3 is 15.2 Å². The molecule has 10 heteroatoms. The first-order chi connectivity index (χ1) is 15.0. The molecule has 0 bridgehead atoms. The number of sulfonamides is 1. The van der Waals surface area contributed by atoms with Crippen LogP contribution >= 0.6 is 0 Å². The summed E-state index contributed by atoms with van der Waals surface area (Å²) < 4.78 is 38.2. The van der Waals surface area contributed by atoms with E-state index in [9.17, 15) is 13.2 Å². The number of rotatable bonds is 8. The van der Waals surface area contributed by atoms with Gasteiger partial charge in [0.15, 0.2) is 17.5 Å². The molecule has 1 amide bonds. The highest BCUT2D eigenvalue weighted by atomic mass is 32.2. The predicted octanol–water partition coefficient (Wildman–Crippen LogP) is 2.07. The van der Waals surface area contributed by atoms with E-state index in [1.165, 1.54) is 30.7 Å². The molecule has 0 spiro atoms. The van der Waals surface area contributed by atoms with Gasteiger partial charge in [-0.15, -0.1) is 0 Å². The zero-order valence-corrected chi connectivity index (χ0v) is 20.3. The van der Waals surface area contributed by atoms with Crippen LogP contribution in [0.1, 0.15) is 40.0 Å². The second-order valence-corrected chi connectivity index (χ2v) is 11.1. The molecule has 2 aliphatic heterocycles. The van der Waals surface area contributed by atoms with Crippen LogP contribution in [0, 0.1) is 11.8 Å². The van der Waals surface area contributed by atoms with Crippen LogP contribution in [0.4, 0.5) is 0 Å². The molecular formula is C22H34N4O5S. The fraction of sp³-hybridized carbons (Fsp3) is 0.636. The van der Waals surface area contributed by atoms with Crippen molar-refractivity contribution in [2.45, 2.75) is 50.5 Å². The largest absolute Gasteiger partial charge is 0.493 e. The minimum atomic E-state index is -3.66. The number of aliphatic imine (C=N–C) groups is 1. The standard InChI is InChI=1S/C22H34N4O5S/c1-15(2)13-22(3)20(27)26(21(23)24-22)14-16-8-10-25(11-9-16)32(28,29)17-6-7-18(30-4)19(12-17)31-5/h6-7,12,15-16H,8-11,13-14H2,1-5H3,(H2,23,24). The first-order valence-corrected chi connectivity index (χ1v) is 12.4. The van der Waals surface area contributed by atoms with E-state index in [2.05, 4.69) is 18.8 Å². The quantitative estimate of drug-likeness (QED) is 0.627. The first-order valence-electron chi connectivity index (χ1n) is 10.9. The molecule has 3 rings (SSSR count). The zero-order chi connectivity index (χ0) is 23.7. The zero-order valence-electron chi connectivity index (χ0n) is 19.5. The fourth-order valence-corrected chi connectivity index (χ4v) is 6.06. The Morgan fingerprint density at radius 3 is 2.38 bits per heavy atom. The summed E-state index contributed by atoms with van der Waals surface area (Å²) >= 11 is 0. The SMILES string of the molecule is COc1ccc(S(=O)(=O)N2CCC(CN3C(=O)C(C)(CC(C)C)N=C3N)CC2)cc1OC. The van der Waals surface area contributed by atoms with Crippen LogP contribution in [-0.4, -0.2) is 68.9 Å². The van der Waals surface area contributed by atoms with Gasteiger partial charge in [0.1, 0.15) is 5.54 Å². The van der Waals surface area contributed by atoms with Crippen molar-refractivity contribution in [1.82, 2.24) is 9.21 Å². The molecule has 1 aromatic rings. The summed E-state index contributed by atoms with van der Waals surface area (Å²) in [6.07, 6.45) is 1.93. The molecule has 32 heavy (non-hydrogen) atoms. The van der Waals surface area contributed by atoms with E-state index in [0.29, 0.717) is 56.3 Å². The van der Waals surface area contributed by atoms with Crippen molar-refractivity contribution in [3.05, 3.63) is 18.2 Å². The van der Waals surface area contributed by atoms with Crippen molar-refractivity contribution in [3.8, 4) is 11.5 Å². The molecule has 1 atom stereocenters. The third kappa shape index (κ3) is 4.71. The predicted molar refractivity (Wildman–Crippen MR) is 122 cm³/mol. The van der Waals surface area contributed by atoms with Gasteiger partial charge in [0.2, 0.25) is 10.0 Å². The van der Waals surface area contributed by atoms with Gasteiger partial charge in [-0.1, -0.05) is 13.8 Å². The van der Waals surface area contributed by atoms with E-state index in [1.54, 1.807) is 11.0 Å². The lowest BCUT2D eigenvalue weighted by Gasteiger charge is -2.33. The number of ether oxygens (including phenoxy) is 2. The molecule has 0 aromatic heterocycles. The first kappa shape index (κ1) is 24.3. The number of hydrogen-bond acceptors (Lipinski definition) is 7. The molecule has 1 saturated heterocycles.